The van der Waals surface area contributed by atoms with Gasteiger partial charge in [0.15, 0.2) is 0 Å². The summed E-state index contributed by atoms with van der Waals surface area (Å²) in [6, 6.07) is 2.02. The summed E-state index contributed by atoms with van der Waals surface area (Å²) in [5, 5.41) is 0. The highest BCUT2D eigenvalue weighted by molar-refractivity contribution is 5.41. The average Bonchev–Trinajstić information content (AvgIpc) is 2.15. The fourth-order valence-electron chi connectivity index (χ4n) is 1.87. The fraction of sp³-hybridized carbons (Fsp3) is 0.615. The van der Waals surface area contributed by atoms with Crippen LogP contribution in [0.1, 0.15) is 56.5 Å². The molecular formula is C13H21NO. The molecule has 84 valence electrons. The molecule has 0 N–H and O–H groups in total. The van der Waals surface area contributed by atoms with Gasteiger partial charge >= 0.3 is 0 Å². The third kappa shape index (κ3) is 2.49. The summed E-state index contributed by atoms with van der Waals surface area (Å²) in [5.74, 6) is 1.86. The lowest BCUT2D eigenvalue weighted by Crippen LogP contribution is -2.06. The Hall–Kier alpha value is -1.05. The molecule has 0 spiro atoms. The first kappa shape index (κ1) is 12.0. The SMILES string of the molecule is COc1cc(C)nc(C(C)C)c1C(C)C. The number of aromatic nitrogens is 1. The Morgan fingerprint density at radius 3 is 2.13 bits per heavy atom. The monoisotopic (exact) mass is 207 g/mol. The summed E-state index contributed by atoms with van der Waals surface area (Å²) in [4.78, 5) is 4.62. The first-order valence-electron chi connectivity index (χ1n) is 5.52. The van der Waals surface area contributed by atoms with E-state index in [-0.39, 0.29) is 0 Å². The predicted octanol–water partition coefficient (Wildman–Crippen LogP) is 3.65. The molecule has 0 radical (unpaired) electrons. The zero-order valence-corrected chi connectivity index (χ0v) is 10.6. The zero-order chi connectivity index (χ0) is 11.6. The number of pyridine rings is 1. The van der Waals surface area contributed by atoms with Crippen molar-refractivity contribution in [3.05, 3.63) is 23.0 Å². The molecule has 1 rings (SSSR count). The Balaban J connectivity index is 3.40. The summed E-state index contributed by atoms with van der Waals surface area (Å²) in [7, 11) is 1.73. The van der Waals surface area contributed by atoms with Gasteiger partial charge in [-0.2, -0.15) is 0 Å². The zero-order valence-electron chi connectivity index (χ0n) is 10.6. The molecule has 0 aromatic carbocycles. The second-order valence-corrected chi connectivity index (χ2v) is 4.57. The van der Waals surface area contributed by atoms with Crippen molar-refractivity contribution in [1.82, 2.24) is 4.98 Å². The Morgan fingerprint density at radius 2 is 1.73 bits per heavy atom. The quantitative estimate of drug-likeness (QED) is 0.754. The molecule has 2 nitrogen and oxygen atoms in total. The molecule has 1 aromatic rings. The normalized spacial score (nSPS) is 11.2. The van der Waals surface area contributed by atoms with E-state index in [4.69, 9.17) is 4.74 Å². The molecule has 1 heterocycles. The maximum atomic E-state index is 5.44. The van der Waals surface area contributed by atoms with Crippen LogP contribution < -0.4 is 4.74 Å². The number of aryl methyl sites for hydroxylation is 1. The molecular weight excluding hydrogens is 186 g/mol. The summed E-state index contributed by atoms with van der Waals surface area (Å²) >= 11 is 0. The average molecular weight is 207 g/mol. The second kappa shape index (κ2) is 4.65. The van der Waals surface area contributed by atoms with Crippen molar-refractivity contribution in [2.75, 3.05) is 7.11 Å². The maximum Gasteiger partial charge on any atom is 0.125 e. The Kier molecular flexibility index (Phi) is 3.72. The van der Waals surface area contributed by atoms with Gasteiger partial charge in [-0.25, -0.2) is 0 Å². The van der Waals surface area contributed by atoms with Crippen LogP contribution in [-0.4, -0.2) is 12.1 Å². The van der Waals surface area contributed by atoms with Gasteiger partial charge in [0.05, 0.1) is 12.8 Å². The van der Waals surface area contributed by atoms with Crippen LogP contribution in [0.15, 0.2) is 6.07 Å². The predicted molar refractivity (Wildman–Crippen MR) is 63.7 cm³/mol. The van der Waals surface area contributed by atoms with Crippen LogP contribution in [0.2, 0.25) is 0 Å². The van der Waals surface area contributed by atoms with Crippen molar-refractivity contribution in [2.24, 2.45) is 0 Å². The van der Waals surface area contributed by atoms with Crippen LogP contribution in [0.5, 0.6) is 5.75 Å². The van der Waals surface area contributed by atoms with E-state index in [0.717, 1.165) is 11.4 Å². The number of rotatable bonds is 3. The topological polar surface area (TPSA) is 22.1 Å². The van der Waals surface area contributed by atoms with Gasteiger partial charge in [-0.3, -0.25) is 4.98 Å². The van der Waals surface area contributed by atoms with Gasteiger partial charge in [0.25, 0.3) is 0 Å². The molecule has 0 atom stereocenters. The van der Waals surface area contributed by atoms with Gasteiger partial charge in [0.2, 0.25) is 0 Å². The van der Waals surface area contributed by atoms with Crippen LogP contribution in [0.25, 0.3) is 0 Å². The third-order valence-corrected chi connectivity index (χ3v) is 2.52. The van der Waals surface area contributed by atoms with Gasteiger partial charge in [-0.05, 0) is 18.8 Å². The Labute approximate surface area is 92.7 Å². The molecule has 0 fully saturated rings. The molecule has 0 bridgehead atoms. The summed E-state index contributed by atoms with van der Waals surface area (Å²) in [6.45, 7) is 10.7. The van der Waals surface area contributed by atoms with Crippen LogP contribution in [0.3, 0.4) is 0 Å². The van der Waals surface area contributed by atoms with Gasteiger partial charge in [0.1, 0.15) is 5.75 Å². The highest BCUT2D eigenvalue weighted by atomic mass is 16.5. The minimum absolute atomic E-state index is 0.441. The van der Waals surface area contributed by atoms with Gasteiger partial charge < -0.3 is 4.74 Å². The lowest BCUT2D eigenvalue weighted by molar-refractivity contribution is 0.404. The first-order chi connectivity index (χ1) is 6.97. The second-order valence-electron chi connectivity index (χ2n) is 4.57. The van der Waals surface area contributed by atoms with E-state index in [0.29, 0.717) is 11.8 Å². The summed E-state index contributed by atoms with van der Waals surface area (Å²) in [5.41, 5.74) is 3.44. The van der Waals surface area contributed by atoms with Crippen molar-refractivity contribution in [3.8, 4) is 5.75 Å². The van der Waals surface area contributed by atoms with Crippen LogP contribution in [-0.2, 0) is 0 Å². The van der Waals surface area contributed by atoms with Crippen LogP contribution in [0.4, 0.5) is 0 Å². The van der Waals surface area contributed by atoms with Crippen molar-refractivity contribution >= 4 is 0 Å². The highest BCUT2D eigenvalue weighted by Gasteiger charge is 2.17. The molecule has 0 aliphatic heterocycles. The minimum atomic E-state index is 0.441. The number of ether oxygens (including phenoxy) is 1. The van der Waals surface area contributed by atoms with Crippen LogP contribution >= 0.6 is 0 Å². The standard InChI is InChI=1S/C13H21NO/c1-8(2)12-11(15-6)7-10(5)14-13(12)9(3)4/h7-9H,1-6H3. The van der Waals surface area contributed by atoms with E-state index in [1.807, 2.05) is 13.0 Å². The molecule has 2 heteroatoms. The maximum absolute atomic E-state index is 5.44. The minimum Gasteiger partial charge on any atom is -0.496 e. The van der Waals surface area contributed by atoms with E-state index in [1.54, 1.807) is 7.11 Å². The Morgan fingerprint density at radius 1 is 1.13 bits per heavy atom. The van der Waals surface area contributed by atoms with E-state index in [2.05, 4.69) is 32.7 Å². The van der Waals surface area contributed by atoms with Crippen molar-refractivity contribution in [1.29, 1.82) is 0 Å². The highest BCUT2D eigenvalue weighted by Crippen LogP contribution is 2.33. The number of hydrogen-bond donors (Lipinski definition) is 0. The fourth-order valence-corrected chi connectivity index (χ4v) is 1.87. The van der Waals surface area contributed by atoms with Gasteiger partial charge in [0, 0.05) is 17.3 Å². The lowest BCUT2D eigenvalue weighted by Gasteiger charge is -2.19. The molecule has 0 saturated heterocycles. The molecule has 15 heavy (non-hydrogen) atoms. The van der Waals surface area contributed by atoms with Crippen LogP contribution in [0, 0.1) is 6.92 Å². The smallest absolute Gasteiger partial charge is 0.125 e. The third-order valence-electron chi connectivity index (χ3n) is 2.52. The molecule has 0 unspecified atom stereocenters. The number of nitrogens with zero attached hydrogens (tertiary/aromatic N) is 1. The van der Waals surface area contributed by atoms with E-state index in [1.165, 1.54) is 11.3 Å². The Bertz CT molecular complexity index is 343. The first-order valence-corrected chi connectivity index (χ1v) is 5.52. The van der Waals surface area contributed by atoms with Gasteiger partial charge in [-0.1, -0.05) is 27.7 Å². The molecule has 0 saturated carbocycles. The number of hydrogen-bond acceptors (Lipinski definition) is 2. The molecule has 0 aliphatic rings. The van der Waals surface area contributed by atoms with E-state index < -0.39 is 0 Å². The van der Waals surface area contributed by atoms with E-state index >= 15 is 0 Å². The molecule has 0 aliphatic carbocycles. The van der Waals surface area contributed by atoms with Crippen molar-refractivity contribution in [3.63, 3.8) is 0 Å². The van der Waals surface area contributed by atoms with Crippen molar-refractivity contribution in [2.45, 2.75) is 46.5 Å². The molecule has 0 amide bonds. The summed E-state index contributed by atoms with van der Waals surface area (Å²) in [6.07, 6.45) is 0. The largest absolute Gasteiger partial charge is 0.496 e. The lowest BCUT2D eigenvalue weighted by atomic mass is 9.94. The van der Waals surface area contributed by atoms with E-state index in [9.17, 15) is 0 Å². The van der Waals surface area contributed by atoms with Gasteiger partial charge in [-0.15, -0.1) is 0 Å². The summed E-state index contributed by atoms with van der Waals surface area (Å²) < 4.78 is 5.44. The van der Waals surface area contributed by atoms with Crippen molar-refractivity contribution < 1.29 is 4.74 Å². The number of methoxy groups -OCH3 is 1. The molecule has 1 aromatic heterocycles.